The number of rotatable bonds is 2. The first-order valence-corrected chi connectivity index (χ1v) is 3.52. The Bertz CT molecular complexity index is 134. The minimum atomic E-state index is 0.761. The molecule has 0 amide bonds. The predicted octanol–water partition coefficient (Wildman–Crippen LogP) is 2.15. The summed E-state index contributed by atoms with van der Waals surface area (Å²) in [4.78, 5) is 0. The van der Waals surface area contributed by atoms with Gasteiger partial charge in [-0.25, -0.2) is 0 Å². The van der Waals surface area contributed by atoms with E-state index < -0.39 is 0 Å². The fourth-order valence-electron chi connectivity index (χ4n) is 0.501. The lowest BCUT2D eigenvalue weighted by Gasteiger charge is -1.94. The molecule has 0 aliphatic carbocycles. The molecular formula is C6H8OS. The maximum absolute atomic E-state index is 5.16. The summed E-state index contributed by atoms with van der Waals surface area (Å²) in [5.74, 6) is 0.984. The first-order chi connectivity index (χ1) is 3.93. The first-order valence-electron chi connectivity index (χ1n) is 2.58. The second-order valence-electron chi connectivity index (χ2n) is 1.39. The highest BCUT2D eigenvalue weighted by Crippen LogP contribution is 2.13. The van der Waals surface area contributed by atoms with Crippen LogP contribution in [0.4, 0.5) is 0 Å². The first kappa shape index (κ1) is 5.63. The van der Waals surface area contributed by atoms with E-state index in [0.29, 0.717) is 0 Å². The van der Waals surface area contributed by atoms with E-state index in [-0.39, 0.29) is 0 Å². The Morgan fingerprint density at radius 1 is 1.75 bits per heavy atom. The average molecular weight is 128 g/mol. The Balaban J connectivity index is 2.50. The maximum atomic E-state index is 5.16. The van der Waals surface area contributed by atoms with Crippen LogP contribution in [0.2, 0.25) is 0 Å². The van der Waals surface area contributed by atoms with Crippen molar-refractivity contribution >= 4 is 11.3 Å². The van der Waals surface area contributed by atoms with Crippen molar-refractivity contribution in [2.75, 3.05) is 6.61 Å². The zero-order chi connectivity index (χ0) is 5.82. The molecule has 0 spiro atoms. The summed E-state index contributed by atoms with van der Waals surface area (Å²) in [6, 6.07) is 1.97. The van der Waals surface area contributed by atoms with Gasteiger partial charge in [0.2, 0.25) is 0 Å². The highest BCUT2D eigenvalue weighted by molar-refractivity contribution is 7.08. The molecule has 0 aromatic carbocycles. The monoisotopic (exact) mass is 128 g/mol. The zero-order valence-corrected chi connectivity index (χ0v) is 5.57. The van der Waals surface area contributed by atoms with Crippen molar-refractivity contribution in [2.24, 2.45) is 0 Å². The van der Waals surface area contributed by atoms with Crippen molar-refractivity contribution in [2.45, 2.75) is 6.92 Å². The van der Waals surface area contributed by atoms with E-state index in [1.54, 1.807) is 11.3 Å². The van der Waals surface area contributed by atoms with Gasteiger partial charge in [0.15, 0.2) is 0 Å². The quantitative estimate of drug-likeness (QED) is 0.593. The molecule has 0 fully saturated rings. The number of hydrogen-bond acceptors (Lipinski definition) is 2. The van der Waals surface area contributed by atoms with E-state index in [9.17, 15) is 0 Å². The lowest BCUT2D eigenvalue weighted by molar-refractivity contribution is 0.342. The highest BCUT2D eigenvalue weighted by Gasteiger charge is 1.86. The molecule has 0 bridgehead atoms. The molecule has 0 aliphatic rings. The number of hydrogen-bond donors (Lipinski definition) is 0. The molecule has 0 N–H and O–H groups in total. The fourth-order valence-corrected chi connectivity index (χ4v) is 1.07. The number of ether oxygens (including phenoxy) is 1. The van der Waals surface area contributed by atoms with Gasteiger partial charge in [-0.3, -0.25) is 0 Å². The van der Waals surface area contributed by atoms with Crippen LogP contribution < -0.4 is 4.74 Å². The van der Waals surface area contributed by atoms with E-state index >= 15 is 0 Å². The zero-order valence-electron chi connectivity index (χ0n) is 4.76. The van der Waals surface area contributed by atoms with Crippen molar-refractivity contribution in [3.8, 4) is 5.75 Å². The molecule has 1 aromatic rings. The third kappa shape index (κ3) is 1.23. The van der Waals surface area contributed by atoms with E-state index in [1.807, 2.05) is 23.8 Å². The van der Waals surface area contributed by atoms with Gasteiger partial charge in [-0.2, -0.15) is 0 Å². The molecule has 0 atom stereocenters. The van der Waals surface area contributed by atoms with Gasteiger partial charge in [0.1, 0.15) is 5.75 Å². The molecule has 0 unspecified atom stereocenters. The number of thiophene rings is 1. The molecule has 0 aliphatic heterocycles. The molecule has 0 saturated carbocycles. The van der Waals surface area contributed by atoms with Crippen molar-refractivity contribution < 1.29 is 4.74 Å². The summed E-state index contributed by atoms with van der Waals surface area (Å²) in [5.41, 5.74) is 0. The van der Waals surface area contributed by atoms with Gasteiger partial charge >= 0.3 is 0 Å². The molecule has 0 radical (unpaired) electrons. The molecular weight excluding hydrogens is 120 g/mol. The normalized spacial score (nSPS) is 9.12. The van der Waals surface area contributed by atoms with E-state index in [4.69, 9.17) is 4.74 Å². The topological polar surface area (TPSA) is 9.23 Å². The van der Waals surface area contributed by atoms with Gasteiger partial charge in [0.25, 0.3) is 0 Å². The SMILES string of the molecule is CCOc1ccsc1. The summed E-state index contributed by atoms with van der Waals surface area (Å²) in [7, 11) is 0. The third-order valence-electron chi connectivity index (χ3n) is 0.806. The van der Waals surface area contributed by atoms with Crippen LogP contribution >= 0.6 is 11.3 Å². The molecule has 2 heteroatoms. The van der Waals surface area contributed by atoms with Gasteiger partial charge in [0.05, 0.1) is 6.61 Å². The van der Waals surface area contributed by atoms with Crippen molar-refractivity contribution in [3.05, 3.63) is 16.8 Å². The Hall–Kier alpha value is -0.500. The third-order valence-corrected chi connectivity index (χ3v) is 1.47. The Kier molecular flexibility index (Phi) is 1.92. The van der Waals surface area contributed by atoms with Crippen molar-refractivity contribution in [3.63, 3.8) is 0 Å². The van der Waals surface area contributed by atoms with Gasteiger partial charge in [0, 0.05) is 5.38 Å². The van der Waals surface area contributed by atoms with Crippen molar-refractivity contribution in [1.29, 1.82) is 0 Å². The molecule has 1 rings (SSSR count). The van der Waals surface area contributed by atoms with Crippen LogP contribution in [-0.2, 0) is 0 Å². The van der Waals surface area contributed by atoms with Crippen molar-refractivity contribution in [1.82, 2.24) is 0 Å². The summed E-state index contributed by atoms with van der Waals surface area (Å²) in [5, 5.41) is 3.99. The van der Waals surface area contributed by atoms with Crippen LogP contribution in [0.3, 0.4) is 0 Å². The summed E-state index contributed by atoms with van der Waals surface area (Å²) in [6.45, 7) is 2.74. The lowest BCUT2D eigenvalue weighted by Crippen LogP contribution is -1.87. The van der Waals surface area contributed by atoms with E-state index in [2.05, 4.69) is 0 Å². The predicted molar refractivity (Wildman–Crippen MR) is 35.5 cm³/mol. The van der Waals surface area contributed by atoms with Gasteiger partial charge < -0.3 is 4.74 Å². The lowest BCUT2D eigenvalue weighted by atomic mass is 10.6. The van der Waals surface area contributed by atoms with E-state index in [0.717, 1.165) is 12.4 Å². The molecule has 1 aromatic heterocycles. The summed E-state index contributed by atoms with van der Waals surface area (Å²) >= 11 is 1.65. The van der Waals surface area contributed by atoms with Crippen LogP contribution in [-0.4, -0.2) is 6.61 Å². The van der Waals surface area contributed by atoms with Crippen LogP contribution in [0, 0.1) is 0 Å². The minimum Gasteiger partial charge on any atom is -0.493 e. The molecule has 0 saturated heterocycles. The van der Waals surface area contributed by atoms with Crippen LogP contribution in [0.25, 0.3) is 0 Å². The summed E-state index contributed by atoms with van der Waals surface area (Å²) < 4.78 is 5.16. The smallest absolute Gasteiger partial charge is 0.129 e. The Morgan fingerprint density at radius 3 is 3.12 bits per heavy atom. The van der Waals surface area contributed by atoms with Crippen LogP contribution in [0.15, 0.2) is 16.8 Å². The van der Waals surface area contributed by atoms with Gasteiger partial charge in [-0.05, 0) is 18.4 Å². The molecule has 1 nitrogen and oxygen atoms in total. The minimum absolute atomic E-state index is 0.761. The van der Waals surface area contributed by atoms with E-state index in [1.165, 1.54) is 0 Å². The second-order valence-corrected chi connectivity index (χ2v) is 2.17. The fraction of sp³-hybridized carbons (Fsp3) is 0.333. The largest absolute Gasteiger partial charge is 0.493 e. The Labute approximate surface area is 52.9 Å². The average Bonchev–Trinajstić information content (AvgIpc) is 2.19. The van der Waals surface area contributed by atoms with Gasteiger partial charge in [-0.1, -0.05) is 0 Å². The van der Waals surface area contributed by atoms with Crippen LogP contribution in [0.5, 0.6) is 5.75 Å². The summed E-state index contributed by atoms with van der Waals surface area (Å²) in [6.07, 6.45) is 0. The maximum Gasteiger partial charge on any atom is 0.129 e. The molecule has 1 heterocycles. The molecule has 8 heavy (non-hydrogen) atoms. The Morgan fingerprint density at radius 2 is 2.62 bits per heavy atom. The standard InChI is InChI=1S/C6H8OS/c1-2-7-6-3-4-8-5-6/h3-5H,2H2,1H3. The van der Waals surface area contributed by atoms with Gasteiger partial charge in [-0.15, -0.1) is 11.3 Å². The van der Waals surface area contributed by atoms with Crippen LogP contribution in [0.1, 0.15) is 6.92 Å². The highest BCUT2D eigenvalue weighted by atomic mass is 32.1. The molecule has 44 valence electrons. The second kappa shape index (κ2) is 2.72.